The predicted octanol–water partition coefficient (Wildman–Crippen LogP) is 3.04. The minimum atomic E-state index is 0.458. The average molecular weight is 159 g/mol. The number of rotatable bonds is 0. The van der Waals surface area contributed by atoms with Gasteiger partial charge in [0.15, 0.2) is 0 Å². The Morgan fingerprint density at radius 1 is 1.42 bits per heavy atom. The van der Waals surface area contributed by atoms with E-state index in [0.29, 0.717) is 5.92 Å². The lowest BCUT2D eigenvalue weighted by Crippen LogP contribution is -1.92. The SMILES string of the molecule is C=C1Nc2ccc(C)cc2C1C. The van der Waals surface area contributed by atoms with Crippen LogP contribution in [0.1, 0.15) is 24.0 Å². The number of hydrogen-bond acceptors (Lipinski definition) is 1. The van der Waals surface area contributed by atoms with E-state index in [1.54, 1.807) is 0 Å². The van der Waals surface area contributed by atoms with Crippen LogP contribution in [-0.2, 0) is 0 Å². The van der Waals surface area contributed by atoms with Crippen molar-refractivity contribution in [3.63, 3.8) is 0 Å². The number of allylic oxidation sites excluding steroid dienone is 1. The van der Waals surface area contributed by atoms with Gasteiger partial charge in [0.05, 0.1) is 0 Å². The van der Waals surface area contributed by atoms with Gasteiger partial charge in [0, 0.05) is 17.3 Å². The smallest absolute Gasteiger partial charge is 0.0421 e. The Labute approximate surface area is 73.1 Å². The summed E-state index contributed by atoms with van der Waals surface area (Å²) in [5, 5.41) is 3.28. The highest BCUT2D eigenvalue weighted by Gasteiger charge is 2.20. The second kappa shape index (κ2) is 2.37. The van der Waals surface area contributed by atoms with Crippen LogP contribution in [0.4, 0.5) is 5.69 Å². The Balaban J connectivity index is 2.55. The fourth-order valence-corrected chi connectivity index (χ4v) is 1.62. The number of anilines is 1. The molecule has 1 atom stereocenters. The third-order valence-corrected chi connectivity index (χ3v) is 2.49. The van der Waals surface area contributed by atoms with Crippen molar-refractivity contribution in [2.75, 3.05) is 5.32 Å². The summed E-state index contributed by atoms with van der Waals surface area (Å²) in [7, 11) is 0. The zero-order valence-electron chi connectivity index (χ0n) is 7.52. The second-order valence-electron chi connectivity index (χ2n) is 3.46. The maximum Gasteiger partial charge on any atom is 0.0421 e. The molecule has 0 saturated carbocycles. The lowest BCUT2D eigenvalue weighted by molar-refractivity contribution is 0.950. The van der Waals surface area contributed by atoms with Crippen molar-refractivity contribution in [1.29, 1.82) is 0 Å². The highest BCUT2D eigenvalue weighted by Crippen LogP contribution is 2.37. The van der Waals surface area contributed by atoms with Crippen LogP contribution < -0.4 is 5.32 Å². The summed E-state index contributed by atoms with van der Waals surface area (Å²) in [6.07, 6.45) is 0. The van der Waals surface area contributed by atoms with E-state index < -0.39 is 0 Å². The van der Waals surface area contributed by atoms with E-state index in [1.807, 2.05) is 0 Å². The minimum absolute atomic E-state index is 0.458. The zero-order chi connectivity index (χ0) is 8.72. The quantitative estimate of drug-likeness (QED) is 0.613. The van der Waals surface area contributed by atoms with Gasteiger partial charge in [-0.05, 0) is 18.6 Å². The van der Waals surface area contributed by atoms with Crippen LogP contribution in [0.5, 0.6) is 0 Å². The van der Waals surface area contributed by atoms with Gasteiger partial charge in [0.2, 0.25) is 0 Å². The molecule has 12 heavy (non-hydrogen) atoms. The van der Waals surface area contributed by atoms with E-state index in [0.717, 1.165) is 5.70 Å². The number of aryl methyl sites for hydroxylation is 1. The lowest BCUT2D eigenvalue weighted by Gasteiger charge is -2.02. The van der Waals surface area contributed by atoms with Crippen LogP contribution in [0.2, 0.25) is 0 Å². The molecule has 1 aromatic rings. The molecule has 62 valence electrons. The Hall–Kier alpha value is -1.24. The fraction of sp³-hybridized carbons (Fsp3) is 0.273. The van der Waals surface area contributed by atoms with Gasteiger partial charge >= 0.3 is 0 Å². The maximum atomic E-state index is 3.97. The third kappa shape index (κ3) is 0.934. The van der Waals surface area contributed by atoms with Gasteiger partial charge in [-0.2, -0.15) is 0 Å². The summed E-state index contributed by atoms with van der Waals surface area (Å²) >= 11 is 0. The molecular formula is C11H13N. The summed E-state index contributed by atoms with van der Waals surface area (Å²) in [5.41, 5.74) is 5.02. The molecule has 0 fully saturated rings. The molecule has 1 N–H and O–H groups in total. The Kier molecular flexibility index (Phi) is 1.47. The van der Waals surface area contributed by atoms with E-state index in [4.69, 9.17) is 0 Å². The Bertz CT molecular complexity index is 339. The summed E-state index contributed by atoms with van der Waals surface area (Å²) < 4.78 is 0. The van der Waals surface area contributed by atoms with E-state index >= 15 is 0 Å². The van der Waals surface area contributed by atoms with Crippen molar-refractivity contribution in [1.82, 2.24) is 0 Å². The standard InChI is InChI=1S/C11H13N/c1-7-4-5-11-10(6-7)8(2)9(3)12-11/h4-6,8,12H,3H2,1-2H3. The molecule has 1 heterocycles. The van der Waals surface area contributed by atoms with Crippen molar-refractivity contribution in [2.24, 2.45) is 0 Å². The normalized spacial score (nSPS) is 20.5. The topological polar surface area (TPSA) is 12.0 Å². The summed E-state index contributed by atoms with van der Waals surface area (Å²) in [6.45, 7) is 8.27. The van der Waals surface area contributed by atoms with Gasteiger partial charge < -0.3 is 5.32 Å². The molecule has 1 aromatic carbocycles. The van der Waals surface area contributed by atoms with Crippen molar-refractivity contribution < 1.29 is 0 Å². The van der Waals surface area contributed by atoms with Crippen molar-refractivity contribution >= 4 is 5.69 Å². The number of nitrogens with one attached hydrogen (secondary N) is 1. The van der Waals surface area contributed by atoms with E-state index in [2.05, 4.69) is 43.9 Å². The van der Waals surface area contributed by atoms with Crippen molar-refractivity contribution in [2.45, 2.75) is 19.8 Å². The molecular weight excluding hydrogens is 146 g/mol. The van der Waals surface area contributed by atoms with Crippen molar-refractivity contribution in [3.8, 4) is 0 Å². The van der Waals surface area contributed by atoms with Gasteiger partial charge in [-0.1, -0.05) is 31.2 Å². The van der Waals surface area contributed by atoms with Gasteiger partial charge in [0.1, 0.15) is 0 Å². The average Bonchev–Trinajstić information content (AvgIpc) is 2.31. The molecule has 0 spiro atoms. The third-order valence-electron chi connectivity index (χ3n) is 2.49. The summed E-state index contributed by atoms with van der Waals surface area (Å²) in [5.74, 6) is 0.458. The predicted molar refractivity (Wildman–Crippen MR) is 52.4 cm³/mol. The number of hydrogen-bond donors (Lipinski definition) is 1. The first-order valence-electron chi connectivity index (χ1n) is 4.25. The highest BCUT2D eigenvalue weighted by atomic mass is 14.9. The Morgan fingerprint density at radius 3 is 2.92 bits per heavy atom. The number of fused-ring (bicyclic) bond motifs is 1. The first kappa shape index (κ1) is 7.41. The summed E-state index contributed by atoms with van der Waals surface area (Å²) in [6, 6.07) is 6.47. The second-order valence-corrected chi connectivity index (χ2v) is 3.46. The van der Waals surface area contributed by atoms with Crippen LogP contribution in [0, 0.1) is 6.92 Å². The molecule has 0 aliphatic carbocycles. The zero-order valence-corrected chi connectivity index (χ0v) is 7.52. The molecule has 0 aromatic heterocycles. The van der Waals surface area contributed by atoms with Gasteiger partial charge in [0.25, 0.3) is 0 Å². The number of benzene rings is 1. The molecule has 2 rings (SSSR count). The van der Waals surface area contributed by atoms with Crippen LogP contribution in [0.3, 0.4) is 0 Å². The van der Waals surface area contributed by atoms with E-state index in [9.17, 15) is 0 Å². The molecule has 0 saturated heterocycles. The molecule has 0 amide bonds. The monoisotopic (exact) mass is 159 g/mol. The van der Waals surface area contributed by atoms with Crippen LogP contribution in [0.25, 0.3) is 0 Å². The molecule has 1 aliphatic heterocycles. The van der Waals surface area contributed by atoms with E-state index in [-0.39, 0.29) is 0 Å². The van der Waals surface area contributed by atoms with Crippen LogP contribution in [0.15, 0.2) is 30.5 Å². The first-order chi connectivity index (χ1) is 5.68. The van der Waals surface area contributed by atoms with Crippen LogP contribution >= 0.6 is 0 Å². The van der Waals surface area contributed by atoms with Gasteiger partial charge in [-0.25, -0.2) is 0 Å². The Morgan fingerprint density at radius 2 is 2.17 bits per heavy atom. The molecule has 0 bridgehead atoms. The maximum absolute atomic E-state index is 3.97. The van der Waals surface area contributed by atoms with E-state index in [1.165, 1.54) is 16.8 Å². The summed E-state index contributed by atoms with van der Waals surface area (Å²) in [4.78, 5) is 0. The molecule has 1 nitrogen and oxygen atoms in total. The van der Waals surface area contributed by atoms with Gasteiger partial charge in [-0.15, -0.1) is 0 Å². The molecule has 0 radical (unpaired) electrons. The molecule has 1 unspecified atom stereocenters. The fourth-order valence-electron chi connectivity index (χ4n) is 1.62. The van der Waals surface area contributed by atoms with Crippen LogP contribution in [-0.4, -0.2) is 0 Å². The molecule has 1 heteroatoms. The van der Waals surface area contributed by atoms with Gasteiger partial charge in [-0.3, -0.25) is 0 Å². The highest BCUT2D eigenvalue weighted by molar-refractivity contribution is 5.65. The largest absolute Gasteiger partial charge is 0.359 e. The minimum Gasteiger partial charge on any atom is -0.359 e. The first-order valence-corrected chi connectivity index (χ1v) is 4.25. The molecule has 1 aliphatic rings. The lowest BCUT2D eigenvalue weighted by atomic mass is 10.00. The van der Waals surface area contributed by atoms with Crippen molar-refractivity contribution in [3.05, 3.63) is 41.6 Å².